The molecule has 2 aromatic carbocycles. The molecule has 1 unspecified atom stereocenters. The minimum absolute atomic E-state index is 0. The predicted octanol–water partition coefficient (Wildman–Crippen LogP) is 2.84. The zero-order valence-electron chi connectivity index (χ0n) is 13.7. The fourth-order valence-electron chi connectivity index (χ4n) is 2.86. The van der Waals surface area contributed by atoms with Gasteiger partial charge in [-0.25, -0.2) is 0 Å². The molecule has 2 aromatic rings. The van der Waals surface area contributed by atoms with Crippen molar-refractivity contribution in [2.75, 3.05) is 6.61 Å². The van der Waals surface area contributed by atoms with Gasteiger partial charge in [0, 0.05) is 13.1 Å². The van der Waals surface area contributed by atoms with Gasteiger partial charge in [-0.1, -0.05) is 36.4 Å². The first-order chi connectivity index (χ1) is 11.3. The number of carbonyl (C=O) groups is 1. The second-order valence-electron chi connectivity index (χ2n) is 5.70. The van der Waals surface area contributed by atoms with Crippen molar-refractivity contribution in [2.45, 2.75) is 32.5 Å². The van der Waals surface area contributed by atoms with Crippen LogP contribution in [0.5, 0.6) is 5.75 Å². The van der Waals surface area contributed by atoms with Gasteiger partial charge in [0.15, 0.2) is 0 Å². The Morgan fingerprint density at radius 3 is 2.79 bits per heavy atom. The summed E-state index contributed by atoms with van der Waals surface area (Å²) in [5.74, 6) is 0.880. The number of halogens is 1. The maximum Gasteiger partial charge on any atom is 0.237 e. The van der Waals surface area contributed by atoms with Gasteiger partial charge in [-0.05, 0) is 42.2 Å². The Balaban J connectivity index is 0.00000208. The first-order valence-electron chi connectivity index (χ1n) is 8.06. The van der Waals surface area contributed by atoms with Gasteiger partial charge in [0.05, 0.1) is 12.6 Å². The molecule has 5 heteroatoms. The van der Waals surface area contributed by atoms with Crippen molar-refractivity contribution in [1.29, 1.82) is 0 Å². The molecule has 1 heterocycles. The van der Waals surface area contributed by atoms with Crippen LogP contribution in [0.25, 0.3) is 0 Å². The van der Waals surface area contributed by atoms with E-state index in [9.17, 15) is 4.79 Å². The van der Waals surface area contributed by atoms with Crippen molar-refractivity contribution in [3.05, 3.63) is 65.2 Å². The molecule has 1 atom stereocenters. The van der Waals surface area contributed by atoms with Crippen molar-refractivity contribution in [3.63, 3.8) is 0 Å². The highest BCUT2D eigenvalue weighted by Crippen LogP contribution is 2.17. The topological polar surface area (TPSA) is 50.4 Å². The molecule has 128 valence electrons. The van der Waals surface area contributed by atoms with Crippen molar-refractivity contribution in [2.24, 2.45) is 0 Å². The molecule has 2 N–H and O–H groups in total. The maximum atomic E-state index is 12.4. The Morgan fingerprint density at radius 2 is 2.00 bits per heavy atom. The molecular weight excluding hydrogens is 324 g/mol. The fraction of sp³-hybridized carbons (Fsp3) is 0.316. The summed E-state index contributed by atoms with van der Waals surface area (Å²) in [6.45, 7) is 3.86. The number of nitrogens with one attached hydrogen (secondary N) is 2. The molecule has 0 saturated carbocycles. The van der Waals surface area contributed by atoms with Crippen molar-refractivity contribution in [1.82, 2.24) is 10.6 Å². The number of amides is 1. The van der Waals surface area contributed by atoms with E-state index in [1.54, 1.807) is 0 Å². The van der Waals surface area contributed by atoms with Crippen LogP contribution in [-0.2, 0) is 24.3 Å². The Bertz CT molecular complexity index is 691. The van der Waals surface area contributed by atoms with E-state index >= 15 is 0 Å². The fourth-order valence-corrected chi connectivity index (χ4v) is 2.86. The molecule has 0 bridgehead atoms. The van der Waals surface area contributed by atoms with Crippen molar-refractivity contribution >= 4 is 18.3 Å². The van der Waals surface area contributed by atoms with E-state index in [0.717, 1.165) is 24.3 Å². The summed E-state index contributed by atoms with van der Waals surface area (Å²) in [4.78, 5) is 12.4. The standard InChI is InChI=1S/C19H22N2O2.ClH/c1-2-23-17-9-5-6-14(10-17)12-21-19(22)18-11-15-7-3-4-8-16(15)13-20-18;/h3-10,18,20H,2,11-13H2,1H3,(H,21,22);1H. The Morgan fingerprint density at radius 1 is 1.21 bits per heavy atom. The number of hydrogen-bond donors (Lipinski definition) is 2. The summed E-state index contributed by atoms with van der Waals surface area (Å²) in [5, 5.41) is 6.32. The van der Waals surface area contributed by atoms with Gasteiger partial charge in [-0.3, -0.25) is 4.79 Å². The smallest absolute Gasteiger partial charge is 0.237 e. The summed E-state index contributed by atoms with van der Waals surface area (Å²) in [6.07, 6.45) is 0.737. The molecule has 0 saturated heterocycles. The monoisotopic (exact) mass is 346 g/mol. The normalized spacial score (nSPS) is 15.8. The highest BCUT2D eigenvalue weighted by atomic mass is 35.5. The molecule has 1 aliphatic rings. The number of rotatable bonds is 5. The average molecular weight is 347 g/mol. The number of hydrogen-bond acceptors (Lipinski definition) is 3. The van der Waals surface area contributed by atoms with Gasteiger partial charge >= 0.3 is 0 Å². The lowest BCUT2D eigenvalue weighted by Crippen LogP contribution is -2.47. The molecule has 0 aliphatic carbocycles. The molecular formula is C19H23ClN2O2. The minimum atomic E-state index is -0.167. The Labute approximate surface area is 149 Å². The van der Waals surface area contributed by atoms with Crippen LogP contribution in [0.1, 0.15) is 23.6 Å². The zero-order valence-corrected chi connectivity index (χ0v) is 14.6. The van der Waals surface area contributed by atoms with E-state index in [4.69, 9.17) is 4.74 Å². The van der Waals surface area contributed by atoms with Crippen molar-refractivity contribution in [3.8, 4) is 5.75 Å². The zero-order chi connectivity index (χ0) is 16.1. The van der Waals surface area contributed by atoms with E-state index in [0.29, 0.717) is 13.2 Å². The summed E-state index contributed by atoms with van der Waals surface area (Å²) < 4.78 is 5.48. The predicted molar refractivity (Wildman–Crippen MR) is 97.5 cm³/mol. The minimum Gasteiger partial charge on any atom is -0.494 e. The Kier molecular flexibility index (Phi) is 6.64. The third-order valence-electron chi connectivity index (χ3n) is 4.07. The SMILES string of the molecule is CCOc1cccc(CNC(=O)C2Cc3ccccc3CN2)c1.Cl. The molecule has 4 nitrogen and oxygen atoms in total. The highest BCUT2D eigenvalue weighted by Gasteiger charge is 2.23. The van der Waals surface area contributed by atoms with Crippen LogP contribution in [-0.4, -0.2) is 18.6 Å². The number of carbonyl (C=O) groups excluding carboxylic acids is 1. The van der Waals surface area contributed by atoms with Gasteiger partial charge in [0.25, 0.3) is 0 Å². The quantitative estimate of drug-likeness (QED) is 0.875. The van der Waals surface area contributed by atoms with Crippen LogP contribution < -0.4 is 15.4 Å². The second-order valence-corrected chi connectivity index (χ2v) is 5.70. The van der Waals surface area contributed by atoms with Crippen LogP contribution in [0.2, 0.25) is 0 Å². The summed E-state index contributed by atoms with van der Waals surface area (Å²) in [6, 6.07) is 15.9. The number of benzene rings is 2. The van der Waals surface area contributed by atoms with Gasteiger partial charge in [0.2, 0.25) is 5.91 Å². The van der Waals surface area contributed by atoms with Gasteiger partial charge in [0.1, 0.15) is 5.75 Å². The average Bonchev–Trinajstić information content (AvgIpc) is 2.60. The van der Waals surface area contributed by atoms with E-state index < -0.39 is 0 Å². The lowest BCUT2D eigenvalue weighted by molar-refractivity contribution is -0.123. The molecule has 0 fully saturated rings. The van der Waals surface area contributed by atoms with Crippen LogP contribution in [0.4, 0.5) is 0 Å². The van der Waals surface area contributed by atoms with E-state index in [1.165, 1.54) is 11.1 Å². The number of ether oxygens (including phenoxy) is 1. The van der Waals surface area contributed by atoms with E-state index in [-0.39, 0.29) is 24.4 Å². The number of fused-ring (bicyclic) bond motifs is 1. The lowest BCUT2D eigenvalue weighted by Gasteiger charge is -2.25. The van der Waals surface area contributed by atoms with E-state index in [1.807, 2.05) is 43.3 Å². The first-order valence-corrected chi connectivity index (χ1v) is 8.06. The summed E-state index contributed by atoms with van der Waals surface area (Å²) in [5.41, 5.74) is 3.58. The maximum absolute atomic E-state index is 12.4. The molecule has 1 amide bonds. The third kappa shape index (κ3) is 4.49. The summed E-state index contributed by atoms with van der Waals surface area (Å²) >= 11 is 0. The molecule has 0 spiro atoms. The van der Waals surface area contributed by atoms with Crippen LogP contribution in [0, 0.1) is 0 Å². The van der Waals surface area contributed by atoms with Crippen LogP contribution >= 0.6 is 12.4 Å². The van der Waals surface area contributed by atoms with E-state index in [2.05, 4.69) is 22.8 Å². The molecule has 24 heavy (non-hydrogen) atoms. The molecule has 3 rings (SSSR count). The van der Waals surface area contributed by atoms with Crippen LogP contribution in [0.15, 0.2) is 48.5 Å². The Hall–Kier alpha value is -2.04. The summed E-state index contributed by atoms with van der Waals surface area (Å²) in [7, 11) is 0. The van der Waals surface area contributed by atoms with Gasteiger partial charge < -0.3 is 15.4 Å². The third-order valence-corrected chi connectivity index (χ3v) is 4.07. The van der Waals surface area contributed by atoms with Crippen molar-refractivity contribution < 1.29 is 9.53 Å². The molecule has 0 aromatic heterocycles. The lowest BCUT2D eigenvalue weighted by atomic mass is 9.95. The van der Waals surface area contributed by atoms with Gasteiger partial charge in [-0.2, -0.15) is 0 Å². The molecule has 1 aliphatic heterocycles. The largest absolute Gasteiger partial charge is 0.494 e. The van der Waals surface area contributed by atoms with Gasteiger partial charge in [-0.15, -0.1) is 12.4 Å². The highest BCUT2D eigenvalue weighted by molar-refractivity contribution is 5.85. The second kappa shape index (κ2) is 8.71. The van der Waals surface area contributed by atoms with Crippen LogP contribution in [0.3, 0.4) is 0 Å². The molecule has 0 radical (unpaired) electrons. The first kappa shape index (κ1) is 18.3.